The highest BCUT2D eigenvalue weighted by atomic mass is 16.3. The fourth-order valence-electron chi connectivity index (χ4n) is 3.24. The maximum absolute atomic E-state index is 13.2. The number of fused-ring (bicyclic) bond motifs is 4. The molecular formula is C18H12N4O2. The lowest BCUT2D eigenvalue weighted by molar-refractivity contribution is 0.0969. The van der Waals surface area contributed by atoms with E-state index < -0.39 is 0 Å². The quantitative estimate of drug-likeness (QED) is 0.475. The summed E-state index contributed by atoms with van der Waals surface area (Å²) in [6, 6.07) is 13.1. The molecule has 116 valence electrons. The maximum Gasteiger partial charge on any atom is 0.263 e. The predicted molar refractivity (Wildman–Crippen MR) is 89.9 cm³/mol. The van der Waals surface area contributed by atoms with E-state index in [1.54, 1.807) is 33.6 Å². The fraction of sp³-hybridized carbons (Fsp3) is 0.0556. The lowest BCUT2D eigenvalue weighted by Crippen LogP contribution is -2.11. The van der Waals surface area contributed by atoms with Crippen LogP contribution in [0.3, 0.4) is 0 Å². The van der Waals surface area contributed by atoms with Crippen LogP contribution in [0.25, 0.3) is 33.0 Å². The lowest BCUT2D eigenvalue weighted by atomic mass is 10.2. The molecule has 3 aromatic heterocycles. The molecule has 0 N–H and O–H groups in total. The molecular weight excluding hydrogens is 304 g/mol. The van der Waals surface area contributed by atoms with Gasteiger partial charge in [-0.25, -0.2) is 4.98 Å². The third kappa shape index (κ3) is 1.62. The van der Waals surface area contributed by atoms with Crippen LogP contribution in [0, 0.1) is 0 Å². The summed E-state index contributed by atoms with van der Waals surface area (Å²) in [5, 5.41) is 5.30. The molecule has 0 aliphatic rings. The molecule has 6 heteroatoms. The Labute approximate surface area is 135 Å². The van der Waals surface area contributed by atoms with E-state index in [0.29, 0.717) is 11.1 Å². The van der Waals surface area contributed by atoms with Gasteiger partial charge in [0, 0.05) is 18.0 Å². The van der Waals surface area contributed by atoms with E-state index in [1.807, 2.05) is 31.3 Å². The normalized spacial score (nSPS) is 11.7. The zero-order valence-corrected chi connectivity index (χ0v) is 12.8. The molecule has 5 aromatic rings. The highest BCUT2D eigenvalue weighted by molar-refractivity contribution is 6.15. The van der Waals surface area contributed by atoms with Gasteiger partial charge in [0.15, 0.2) is 12.0 Å². The van der Waals surface area contributed by atoms with Gasteiger partial charge in [-0.3, -0.25) is 14.0 Å². The van der Waals surface area contributed by atoms with Crippen molar-refractivity contribution in [2.75, 3.05) is 0 Å². The summed E-state index contributed by atoms with van der Waals surface area (Å²) < 4.78 is 8.81. The van der Waals surface area contributed by atoms with Gasteiger partial charge in [-0.1, -0.05) is 18.2 Å². The Morgan fingerprint density at radius 2 is 2.00 bits per heavy atom. The van der Waals surface area contributed by atoms with Crippen molar-refractivity contribution >= 4 is 38.9 Å². The van der Waals surface area contributed by atoms with Gasteiger partial charge in [-0.15, -0.1) is 0 Å². The predicted octanol–water partition coefficient (Wildman–Crippen LogP) is 3.36. The number of nitrogens with zero attached hydrogens (tertiary/aromatic N) is 4. The number of para-hydroxylation sites is 1. The number of benzene rings is 2. The Hall–Kier alpha value is -3.41. The molecule has 0 spiro atoms. The number of aryl methyl sites for hydroxylation is 1. The number of hydrogen-bond acceptors (Lipinski definition) is 4. The van der Waals surface area contributed by atoms with Gasteiger partial charge in [0.25, 0.3) is 5.91 Å². The summed E-state index contributed by atoms with van der Waals surface area (Å²) >= 11 is 0. The Morgan fingerprint density at radius 1 is 1.12 bits per heavy atom. The Morgan fingerprint density at radius 3 is 2.92 bits per heavy atom. The summed E-state index contributed by atoms with van der Waals surface area (Å²) in [4.78, 5) is 17.3. The average Bonchev–Trinajstić information content (AvgIpc) is 3.29. The monoisotopic (exact) mass is 316 g/mol. The first-order chi connectivity index (χ1) is 11.7. The van der Waals surface area contributed by atoms with Crippen LogP contribution in [-0.4, -0.2) is 25.2 Å². The number of aromatic nitrogens is 4. The molecule has 2 aromatic carbocycles. The second-order valence-electron chi connectivity index (χ2n) is 5.69. The molecule has 0 radical (unpaired) electrons. The van der Waals surface area contributed by atoms with Crippen molar-refractivity contribution in [3.63, 3.8) is 0 Å². The molecule has 24 heavy (non-hydrogen) atoms. The van der Waals surface area contributed by atoms with Crippen LogP contribution in [0.4, 0.5) is 0 Å². The summed E-state index contributed by atoms with van der Waals surface area (Å²) in [7, 11) is 1.88. The zero-order valence-electron chi connectivity index (χ0n) is 12.8. The van der Waals surface area contributed by atoms with E-state index >= 15 is 0 Å². The minimum Gasteiger partial charge on any atom is -0.443 e. The standard InChI is InChI=1S/C18H12N4O2/c1-21-17-12-4-2-3-5-14(12)22(15(17)9-20-21)18(23)11-6-7-13-16(8-11)24-10-19-13/h2-10H,1H3. The summed E-state index contributed by atoms with van der Waals surface area (Å²) in [5.41, 5.74) is 4.48. The highest BCUT2D eigenvalue weighted by Gasteiger charge is 2.20. The van der Waals surface area contributed by atoms with Crippen LogP contribution >= 0.6 is 0 Å². The molecule has 0 fully saturated rings. The first-order valence-corrected chi connectivity index (χ1v) is 7.53. The first-order valence-electron chi connectivity index (χ1n) is 7.53. The second kappa shape index (κ2) is 4.55. The second-order valence-corrected chi connectivity index (χ2v) is 5.69. The number of carbonyl (C=O) groups is 1. The van der Waals surface area contributed by atoms with Crippen LogP contribution in [0.15, 0.2) is 59.5 Å². The minimum atomic E-state index is -0.118. The van der Waals surface area contributed by atoms with Crippen LogP contribution in [0.1, 0.15) is 10.4 Å². The summed E-state index contributed by atoms with van der Waals surface area (Å²) in [6.07, 6.45) is 3.10. The van der Waals surface area contributed by atoms with Crippen molar-refractivity contribution in [2.24, 2.45) is 7.05 Å². The molecule has 0 saturated heterocycles. The van der Waals surface area contributed by atoms with Crippen molar-refractivity contribution in [2.45, 2.75) is 0 Å². The van der Waals surface area contributed by atoms with E-state index in [1.165, 1.54) is 6.39 Å². The van der Waals surface area contributed by atoms with E-state index in [4.69, 9.17) is 4.42 Å². The van der Waals surface area contributed by atoms with Crippen molar-refractivity contribution in [3.8, 4) is 0 Å². The average molecular weight is 316 g/mol. The minimum absolute atomic E-state index is 0.118. The number of oxazole rings is 1. The molecule has 0 atom stereocenters. The number of rotatable bonds is 1. The fourth-order valence-corrected chi connectivity index (χ4v) is 3.24. The van der Waals surface area contributed by atoms with Crippen LogP contribution < -0.4 is 0 Å². The van der Waals surface area contributed by atoms with Gasteiger partial charge in [0.2, 0.25) is 0 Å². The maximum atomic E-state index is 13.2. The third-order valence-corrected chi connectivity index (χ3v) is 4.34. The molecule has 0 saturated carbocycles. The molecule has 0 aliphatic carbocycles. The molecule has 0 bridgehead atoms. The third-order valence-electron chi connectivity index (χ3n) is 4.34. The van der Waals surface area contributed by atoms with E-state index in [2.05, 4.69) is 10.1 Å². The van der Waals surface area contributed by atoms with E-state index in [9.17, 15) is 4.79 Å². The molecule has 0 aliphatic heterocycles. The van der Waals surface area contributed by atoms with Gasteiger partial charge in [-0.2, -0.15) is 5.10 Å². The topological polar surface area (TPSA) is 65.8 Å². The Bertz CT molecular complexity index is 1240. The first kappa shape index (κ1) is 13.1. The smallest absolute Gasteiger partial charge is 0.263 e. The molecule has 6 nitrogen and oxygen atoms in total. The molecule has 3 heterocycles. The van der Waals surface area contributed by atoms with E-state index in [-0.39, 0.29) is 5.91 Å². The van der Waals surface area contributed by atoms with Crippen molar-refractivity contribution < 1.29 is 9.21 Å². The molecule has 5 rings (SSSR count). The van der Waals surface area contributed by atoms with Crippen LogP contribution in [-0.2, 0) is 7.05 Å². The highest BCUT2D eigenvalue weighted by Crippen LogP contribution is 2.29. The van der Waals surface area contributed by atoms with E-state index in [0.717, 1.165) is 27.5 Å². The Kier molecular flexibility index (Phi) is 2.48. The van der Waals surface area contributed by atoms with Crippen molar-refractivity contribution in [3.05, 3.63) is 60.6 Å². The largest absolute Gasteiger partial charge is 0.443 e. The van der Waals surface area contributed by atoms with Crippen molar-refractivity contribution in [1.82, 2.24) is 19.3 Å². The van der Waals surface area contributed by atoms with Crippen molar-refractivity contribution in [1.29, 1.82) is 0 Å². The van der Waals surface area contributed by atoms with Gasteiger partial charge < -0.3 is 4.42 Å². The van der Waals surface area contributed by atoms with Crippen LogP contribution in [0.5, 0.6) is 0 Å². The Balaban J connectivity index is 1.81. The van der Waals surface area contributed by atoms with Crippen LogP contribution in [0.2, 0.25) is 0 Å². The summed E-state index contributed by atoms with van der Waals surface area (Å²) in [6.45, 7) is 0. The zero-order chi connectivity index (χ0) is 16.3. The van der Waals surface area contributed by atoms with Gasteiger partial charge >= 0.3 is 0 Å². The summed E-state index contributed by atoms with van der Waals surface area (Å²) in [5.74, 6) is -0.118. The molecule has 0 amide bonds. The number of carbonyl (C=O) groups excluding carboxylic acids is 1. The number of hydrogen-bond donors (Lipinski definition) is 0. The SMILES string of the molecule is Cn1ncc2c1c1ccccc1n2C(=O)c1ccc2ncoc2c1. The van der Waals surface area contributed by atoms with Gasteiger partial charge in [-0.05, 0) is 24.3 Å². The van der Waals surface area contributed by atoms with Gasteiger partial charge in [0.05, 0.1) is 22.7 Å². The molecule has 0 unspecified atom stereocenters. The van der Waals surface area contributed by atoms with Gasteiger partial charge in [0.1, 0.15) is 5.52 Å². The lowest BCUT2D eigenvalue weighted by Gasteiger charge is -2.05.